The second-order valence-electron chi connectivity index (χ2n) is 3.34. The van der Waals surface area contributed by atoms with E-state index in [4.69, 9.17) is 4.42 Å². The molecule has 1 aromatic carbocycles. The number of aromatic hydroxyl groups is 1. The van der Waals surface area contributed by atoms with Crippen LogP contribution in [0.2, 0.25) is 0 Å². The molecule has 0 bridgehead atoms. The molecule has 1 heterocycles. The van der Waals surface area contributed by atoms with Crippen LogP contribution < -0.4 is 10.7 Å². The molecule has 0 fully saturated rings. The Kier molecular flexibility index (Phi) is 2.36. The number of phenols is 1. The molecule has 0 spiro atoms. The van der Waals surface area contributed by atoms with Crippen molar-refractivity contribution >= 4 is 22.8 Å². The fourth-order valence-electron chi connectivity index (χ4n) is 1.38. The molecule has 0 saturated carbocycles. The molecule has 0 saturated heterocycles. The van der Waals surface area contributed by atoms with Gasteiger partial charge >= 0.3 is 0 Å². The maximum Gasteiger partial charge on any atom is 0.223 e. The smallest absolute Gasteiger partial charge is 0.223 e. The Balaban J connectivity index is 2.64. The van der Waals surface area contributed by atoms with Crippen molar-refractivity contribution in [1.82, 2.24) is 0 Å². The summed E-state index contributed by atoms with van der Waals surface area (Å²) >= 11 is 0. The van der Waals surface area contributed by atoms with E-state index < -0.39 is 0 Å². The summed E-state index contributed by atoms with van der Waals surface area (Å²) in [6, 6.07) is 5.36. The number of rotatable bonds is 1. The lowest BCUT2D eigenvalue weighted by Crippen LogP contribution is -2.09. The lowest BCUT2D eigenvalue weighted by molar-refractivity contribution is -0.114. The molecule has 16 heavy (non-hydrogen) atoms. The highest BCUT2D eigenvalue weighted by molar-refractivity contribution is 5.88. The Morgan fingerprint density at radius 2 is 2.12 bits per heavy atom. The van der Waals surface area contributed by atoms with E-state index >= 15 is 0 Å². The van der Waals surface area contributed by atoms with Crippen LogP contribution in [0.15, 0.2) is 33.5 Å². The number of nitrogens with one attached hydrogen (secondary N) is 1. The van der Waals surface area contributed by atoms with Crippen LogP contribution in [0, 0.1) is 0 Å². The maximum atomic E-state index is 11.6. The molecule has 2 rings (SSSR count). The van der Waals surface area contributed by atoms with Crippen molar-refractivity contribution in [2.75, 3.05) is 5.32 Å². The first-order valence-corrected chi connectivity index (χ1v) is 4.61. The molecule has 0 radical (unpaired) electrons. The summed E-state index contributed by atoms with van der Waals surface area (Å²) in [5.41, 5.74) is -0.00468. The van der Waals surface area contributed by atoms with Gasteiger partial charge in [0, 0.05) is 13.0 Å². The summed E-state index contributed by atoms with van der Waals surface area (Å²) in [6.07, 6.45) is 0. The van der Waals surface area contributed by atoms with Crippen LogP contribution in [0.3, 0.4) is 0 Å². The number of fused-ring (bicyclic) bond motifs is 1. The van der Waals surface area contributed by atoms with Crippen molar-refractivity contribution in [1.29, 1.82) is 0 Å². The van der Waals surface area contributed by atoms with Gasteiger partial charge in [-0.3, -0.25) is 14.9 Å². The quantitative estimate of drug-likeness (QED) is 0.760. The fraction of sp³-hybridized carbons (Fsp3) is 0.0909. The summed E-state index contributed by atoms with van der Waals surface area (Å²) in [7, 11) is 0. The minimum absolute atomic E-state index is 0.00734. The van der Waals surface area contributed by atoms with Crippen LogP contribution >= 0.6 is 0 Å². The van der Waals surface area contributed by atoms with Gasteiger partial charge in [0.15, 0.2) is 5.43 Å². The Morgan fingerprint density at radius 1 is 1.38 bits per heavy atom. The van der Waals surface area contributed by atoms with Gasteiger partial charge < -0.3 is 9.52 Å². The summed E-state index contributed by atoms with van der Waals surface area (Å²) in [6.45, 7) is 1.32. The number of phenolic OH excluding ortho intramolecular Hbond substituents is 1. The number of benzene rings is 1. The third kappa shape index (κ3) is 1.88. The van der Waals surface area contributed by atoms with Crippen LogP contribution in [0.4, 0.5) is 5.88 Å². The molecular weight excluding hydrogens is 210 g/mol. The van der Waals surface area contributed by atoms with E-state index in [0.29, 0.717) is 5.58 Å². The second kappa shape index (κ2) is 3.69. The third-order valence-electron chi connectivity index (χ3n) is 2.01. The number of anilines is 1. The first-order valence-electron chi connectivity index (χ1n) is 4.61. The highest BCUT2D eigenvalue weighted by Gasteiger charge is 2.06. The van der Waals surface area contributed by atoms with Crippen LogP contribution in [-0.4, -0.2) is 11.0 Å². The van der Waals surface area contributed by atoms with Gasteiger partial charge in [-0.25, -0.2) is 0 Å². The Hall–Kier alpha value is -2.30. The minimum atomic E-state index is -0.319. The van der Waals surface area contributed by atoms with E-state index in [1.807, 2.05) is 0 Å². The lowest BCUT2D eigenvalue weighted by atomic mass is 10.2. The molecular formula is C11H9NO4. The third-order valence-corrected chi connectivity index (χ3v) is 2.01. The normalized spacial score (nSPS) is 10.3. The number of hydrogen-bond acceptors (Lipinski definition) is 4. The zero-order valence-corrected chi connectivity index (χ0v) is 8.48. The van der Waals surface area contributed by atoms with Gasteiger partial charge in [0.05, 0.1) is 5.39 Å². The molecule has 0 atom stereocenters. The number of hydrogen-bond donors (Lipinski definition) is 2. The Labute approximate surface area is 90.3 Å². The molecule has 0 aliphatic rings. The summed E-state index contributed by atoms with van der Waals surface area (Å²) in [4.78, 5) is 22.4. The largest absolute Gasteiger partial charge is 0.508 e. The Bertz CT molecular complexity index is 615. The van der Waals surface area contributed by atoms with Gasteiger partial charge in [-0.05, 0) is 18.2 Å². The summed E-state index contributed by atoms with van der Waals surface area (Å²) < 4.78 is 5.27. The van der Waals surface area contributed by atoms with E-state index in [0.717, 1.165) is 0 Å². The number of carbonyl (C=O) groups excluding carboxylic acids is 1. The zero-order valence-electron chi connectivity index (χ0n) is 8.48. The highest BCUT2D eigenvalue weighted by atomic mass is 16.3. The minimum Gasteiger partial charge on any atom is -0.508 e. The molecule has 0 unspecified atom stereocenters. The van der Waals surface area contributed by atoms with E-state index in [1.54, 1.807) is 0 Å². The molecule has 82 valence electrons. The fourth-order valence-corrected chi connectivity index (χ4v) is 1.38. The van der Waals surface area contributed by atoms with Crippen molar-refractivity contribution in [2.24, 2.45) is 0 Å². The molecule has 2 N–H and O–H groups in total. The van der Waals surface area contributed by atoms with Crippen molar-refractivity contribution < 1.29 is 14.3 Å². The molecule has 5 nitrogen and oxygen atoms in total. The van der Waals surface area contributed by atoms with E-state index in [1.165, 1.54) is 31.2 Å². The molecule has 1 aromatic heterocycles. The molecule has 0 aliphatic carbocycles. The van der Waals surface area contributed by atoms with Gasteiger partial charge in [-0.1, -0.05) is 0 Å². The molecule has 1 amide bonds. The maximum absolute atomic E-state index is 11.6. The topological polar surface area (TPSA) is 79.5 Å². The first kappa shape index (κ1) is 10.2. The second-order valence-corrected chi connectivity index (χ2v) is 3.34. The molecule has 0 aliphatic heterocycles. The van der Waals surface area contributed by atoms with Gasteiger partial charge in [0.25, 0.3) is 0 Å². The SMILES string of the molecule is CC(=O)Nc1cc(=O)c2cc(O)ccc2o1. The van der Waals surface area contributed by atoms with Crippen molar-refractivity contribution in [3.8, 4) is 5.75 Å². The van der Waals surface area contributed by atoms with Crippen LogP contribution in [-0.2, 0) is 4.79 Å². The van der Waals surface area contributed by atoms with E-state index in [9.17, 15) is 14.7 Å². The van der Waals surface area contributed by atoms with Crippen molar-refractivity contribution in [2.45, 2.75) is 6.92 Å². The monoisotopic (exact) mass is 219 g/mol. The molecule has 5 heteroatoms. The predicted octanol–water partition coefficient (Wildman–Crippen LogP) is 1.46. The van der Waals surface area contributed by atoms with Crippen LogP contribution in [0.1, 0.15) is 6.92 Å². The van der Waals surface area contributed by atoms with Crippen LogP contribution in [0.25, 0.3) is 11.0 Å². The summed E-state index contributed by atoms with van der Waals surface area (Å²) in [5, 5.41) is 11.9. The van der Waals surface area contributed by atoms with Crippen molar-refractivity contribution in [3.05, 3.63) is 34.5 Å². The predicted molar refractivity (Wildman–Crippen MR) is 58.5 cm³/mol. The average molecular weight is 219 g/mol. The number of amides is 1. The first-order chi connectivity index (χ1) is 7.56. The van der Waals surface area contributed by atoms with Crippen molar-refractivity contribution in [3.63, 3.8) is 0 Å². The molecule has 2 aromatic rings. The Morgan fingerprint density at radius 3 is 2.81 bits per heavy atom. The summed E-state index contributed by atoms with van der Waals surface area (Å²) in [5.74, 6) is -0.232. The average Bonchev–Trinajstić information content (AvgIpc) is 2.18. The zero-order chi connectivity index (χ0) is 11.7. The van der Waals surface area contributed by atoms with Gasteiger partial charge in [-0.2, -0.15) is 0 Å². The van der Waals surface area contributed by atoms with E-state index in [-0.39, 0.29) is 28.4 Å². The van der Waals surface area contributed by atoms with Crippen LogP contribution in [0.5, 0.6) is 5.75 Å². The number of carbonyl (C=O) groups is 1. The highest BCUT2D eigenvalue weighted by Crippen LogP contribution is 2.19. The van der Waals surface area contributed by atoms with Gasteiger partial charge in [0.1, 0.15) is 11.3 Å². The van der Waals surface area contributed by atoms with Gasteiger partial charge in [-0.15, -0.1) is 0 Å². The standard InChI is InChI=1S/C11H9NO4/c1-6(13)12-11-5-9(15)8-4-7(14)2-3-10(8)16-11/h2-5,14H,1H3,(H,12,13). The van der Waals surface area contributed by atoms with E-state index in [2.05, 4.69) is 5.32 Å². The van der Waals surface area contributed by atoms with Gasteiger partial charge in [0.2, 0.25) is 11.8 Å². The lowest BCUT2D eigenvalue weighted by Gasteiger charge is -2.02.